The van der Waals surface area contributed by atoms with Gasteiger partial charge >= 0.3 is 0 Å². The molecule has 0 bridgehead atoms. The molecule has 0 aromatic rings. The Labute approximate surface area is 111 Å². The number of carbonyl (C=O) groups is 1. The number of nitrogens with two attached hydrogens (primary N) is 1. The molecule has 3 N–H and O–H groups in total. The van der Waals surface area contributed by atoms with E-state index in [9.17, 15) is 4.79 Å². The van der Waals surface area contributed by atoms with Gasteiger partial charge in [-0.25, -0.2) is 0 Å². The lowest BCUT2D eigenvalue weighted by molar-refractivity contribution is -0.121. The van der Waals surface area contributed by atoms with Crippen LogP contribution >= 0.6 is 0 Å². The summed E-state index contributed by atoms with van der Waals surface area (Å²) in [6, 6.07) is 0.550. The first-order chi connectivity index (χ1) is 8.49. The van der Waals surface area contributed by atoms with Crippen LogP contribution in [0.25, 0.3) is 0 Å². The highest BCUT2D eigenvalue weighted by Crippen LogP contribution is 2.17. The molecular formula is C14H29N3O. The van der Waals surface area contributed by atoms with E-state index in [1.165, 1.54) is 12.8 Å². The van der Waals surface area contributed by atoms with E-state index in [2.05, 4.69) is 24.1 Å². The van der Waals surface area contributed by atoms with Crippen molar-refractivity contribution in [2.24, 2.45) is 11.7 Å². The average Bonchev–Trinajstić information content (AvgIpc) is 2.34. The van der Waals surface area contributed by atoms with Crippen LogP contribution in [0.1, 0.15) is 46.5 Å². The van der Waals surface area contributed by atoms with Crippen LogP contribution in [0.3, 0.4) is 0 Å². The van der Waals surface area contributed by atoms with E-state index < -0.39 is 0 Å². The fourth-order valence-electron chi connectivity index (χ4n) is 2.31. The highest BCUT2D eigenvalue weighted by molar-refractivity contribution is 5.75. The molecule has 0 saturated carbocycles. The normalized spacial score (nSPS) is 21.6. The van der Waals surface area contributed by atoms with Gasteiger partial charge in [-0.05, 0) is 52.1 Å². The average molecular weight is 255 g/mol. The summed E-state index contributed by atoms with van der Waals surface area (Å²) in [6.45, 7) is 9.53. The fourth-order valence-corrected chi connectivity index (χ4v) is 2.31. The number of rotatable bonds is 6. The van der Waals surface area contributed by atoms with Crippen molar-refractivity contribution in [3.63, 3.8) is 0 Å². The van der Waals surface area contributed by atoms with Gasteiger partial charge in [0.25, 0.3) is 0 Å². The van der Waals surface area contributed by atoms with Crippen molar-refractivity contribution >= 4 is 5.91 Å². The van der Waals surface area contributed by atoms with Gasteiger partial charge in [-0.2, -0.15) is 0 Å². The Balaban J connectivity index is 2.16. The van der Waals surface area contributed by atoms with Crippen molar-refractivity contribution in [1.29, 1.82) is 0 Å². The van der Waals surface area contributed by atoms with E-state index in [-0.39, 0.29) is 11.9 Å². The van der Waals surface area contributed by atoms with Gasteiger partial charge in [-0.15, -0.1) is 0 Å². The lowest BCUT2D eigenvalue weighted by Crippen LogP contribution is -2.45. The zero-order chi connectivity index (χ0) is 13.5. The molecule has 0 radical (unpaired) electrons. The van der Waals surface area contributed by atoms with Gasteiger partial charge in [0.2, 0.25) is 5.91 Å². The second kappa shape index (κ2) is 7.74. The van der Waals surface area contributed by atoms with Crippen molar-refractivity contribution in [3.8, 4) is 0 Å². The molecule has 1 fully saturated rings. The first-order valence-electron chi connectivity index (χ1n) is 7.25. The topological polar surface area (TPSA) is 58.4 Å². The van der Waals surface area contributed by atoms with E-state index in [1.807, 2.05) is 6.92 Å². The molecule has 18 heavy (non-hydrogen) atoms. The third-order valence-corrected chi connectivity index (χ3v) is 3.86. The molecule has 1 rings (SSSR count). The zero-order valence-corrected chi connectivity index (χ0v) is 12.1. The zero-order valence-electron chi connectivity index (χ0n) is 12.1. The Morgan fingerprint density at radius 1 is 1.39 bits per heavy atom. The number of nitrogens with one attached hydrogen (secondary N) is 1. The Morgan fingerprint density at radius 3 is 2.56 bits per heavy atom. The van der Waals surface area contributed by atoms with E-state index in [0.29, 0.717) is 12.5 Å². The molecule has 1 heterocycles. The van der Waals surface area contributed by atoms with Crippen molar-refractivity contribution < 1.29 is 4.79 Å². The molecule has 2 unspecified atom stereocenters. The van der Waals surface area contributed by atoms with E-state index in [0.717, 1.165) is 32.0 Å². The minimum absolute atomic E-state index is 0.108. The summed E-state index contributed by atoms with van der Waals surface area (Å²) in [5.41, 5.74) is 5.64. The molecule has 0 aliphatic carbocycles. The van der Waals surface area contributed by atoms with Gasteiger partial charge in [0.05, 0.1) is 0 Å². The maximum absolute atomic E-state index is 11.6. The van der Waals surface area contributed by atoms with Gasteiger partial charge in [0, 0.05) is 25.0 Å². The molecule has 2 atom stereocenters. The molecule has 106 valence electrons. The summed E-state index contributed by atoms with van der Waals surface area (Å²) in [4.78, 5) is 14.1. The highest BCUT2D eigenvalue weighted by atomic mass is 16.1. The van der Waals surface area contributed by atoms with E-state index in [4.69, 9.17) is 5.73 Å². The third-order valence-electron chi connectivity index (χ3n) is 3.86. The summed E-state index contributed by atoms with van der Waals surface area (Å²) in [6.07, 6.45) is 3.87. The predicted molar refractivity (Wildman–Crippen MR) is 75.3 cm³/mol. The van der Waals surface area contributed by atoms with Gasteiger partial charge in [-0.3, -0.25) is 9.69 Å². The standard InChI is InChI=1S/C14H29N3O/c1-11-6-8-17(9-7-11)13(3)10-16-14(18)5-4-12(2)15/h11-13H,4-10,15H2,1-3H3,(H,16,18). The van der Waals surface area contributed by atoms with Crippen LogP contribution in [0.15, 0.2) is 0 Å². The minimum atomic E-state index is 0.108. The Morgan fingerprint density at radius 2 is 2.00 bits per heavy atom. The summed E-state index contributed by atoms with van der Waals surface area (Å²) in [5, 5.41) is 3.01. The molecule has 4 heteroatoms. The van der Waals surface area contributed by atoms with Crippen LogP contribution in [-0.2, 0) is 4.79 Å². The van der Waals surface area contributed by atoms with Gasteiger partial charge in [0.1, 0.15) is 0 Å². The monoisotopic (exact) mass is 255 g/mol. The molecule has 0 aromatic carbocycles. The maximum atomic E-state index is 11.6. The number of piperidine rings is 1. The van der Waals surface area contributed by atoms with Crippen molar-refractivity contribution in [1.82, 2.24) is 10.2 Å². The van der Waals surface area contributed by atoms with E-state index >= 15 is 0 Å². The smallest absolute Gasteiger partial charge is 0.220 e. The quantitative estimate of drug-likeness (QED) is 0.753. The van der Waals surface area contributed by atoms with Crippen LogP contribution in [0.2, 0.25) is 0 Å². The number of carbonyl (C=O) groups excluding carboxylic acids is 1. The van der Waals surface area contributed by atoms with Crippen LogP contribution < -0.4 is 11.1 Å². The van der Waals surface area contributed by atoms with E-state index in [1.54, 1.807) is 0 Å². The first-order valence-corrected chi connectivity index (χ1v) is 7.25. The van der Waals surface area contributed by atoms with Crippen molar-refractivity contribution in [2.75, 3.05) is 19.6 Å². The second-order valence-corrected chi connectivity index (χ2v) is 5.89. The molecule has 0 spiro atoms. The molecular weight excluding hydrogens is 226 g/mol. The molecule has 0 aromatic heterocycles. The summed E-state index contributed by atoms with van der Waals surface area (Å²) >= 11 is 0. The first kappa shape index (κ1) is 15.4. The van der Waals surface area contributed by atoms with Crippen LogP contribution in [0, 0.1) is 5.92 Å². The maximum Gasteiger partial charge on any atom is 0.220 e. The lowest BCUT2D eigenvalue weighted by Gasteiger charge is -2.35. The van der Waals surface area contributed by atoms with Crippen LogP contribution in [0.5, 0.6) is 0 Å². The SMILES string of the molecule is CC(N)CCC(=O)NCC(C)N1CCC(C)CC1. The Kier molecular flexibility index (Phi) is 6.65. The van der Waals surface area contributed by atoms with Crippen LogP contribution in [0.4, 0.5) is 0 Å². The third kappa shape index (κ3) is 5.83. The molecule has 1 saturated heterocycles. The molecule has 1 aliphatic rings. The second-order valence-electron chi connectivity index (χ2n) is 5.89. The Hall–Kier alpha value is -0.610. The van der Waals surface area contributed by atoms with Gasteiger partial charge in [-0.1, -0.05) is 6.92 Å². The fraction of sp³-hybridized carbons (Fsp3) is 0.929. The predicted octanol–water partition coefficient (Wildman–Crippen LogP) is 1.35. The number of amides is 1. The number of hydrogen-bond acceptors (Lipinski definition) is 3. The lowest BCUT2D eigenvalue weighted by atomic mass is 9.98. The van der Waals surface area contributed by atoms with Crippen molar-refractivity contribution in [2.45, 2.75) is 58.5 Å². The largest absolute Gasteiger partial charge is 0.355 e. The molecule has 1 amide bonds. The summed E-state index contributed by atoms with van der Waals surface area (Å²) in [7, 11) is 0. The molecule has 4 nitrogen and oxygen atoms in total. The Bertz CT molecular complexity index is 247. The summed E-state index contributed by atoms with van der Waals surface area (Å²) < 4.78 is 0. The molecule has 1 aliphatic heterocycles. The van der Waals surface area contributed by atoms with Crippen molar-refractivity contribution in [3.05, 3.63) is 0 Å². The summed E-state index contributed by atoms with van der Waals surface area (Å²) in [5.74, 6) is 0.985. The number of likely N-dealkylation sites (tertiary alicyclic amines) is 1. The van der Waals surface area contributed by atoms with Gasteiger partial charge < -0.3 is 11.1 Å². The van der Waals surface area contributed by atoms with Crippen LogP contribution in [-0.4, -0.2) is 42.5 Å². The number of nitrogens with zero attached hydrogens (tertiary/aromatic N) is 1. The minimum Gasteiger partial charge on any atom is -0.355 e. The number of hydrogen-bond donors (Lipinski definition) is 2. The van der Waals surface area contributed by atoms with Gasteiger partial charge in [0.15, 0.2) is 0 Å². The highest BCUT2D eigenvalue weighted by Gasteiger charge is 2.20.